The van der Waals surface area contributed by atoms with Crippen LogP contribution in [0.25, 0.3) is 0 Å². The third-order valence-electron chi connectivity index (χ3n) is 2.08. The lowest BCUT2D eigenvalue weighted by molar-refractivity contribution is 0.473. The van der Waals surface area contributed by atoms with Gasteiger partial charge in [0.25, 0.3) is 0 Å². The molecule has 0 saturated carbocycles. The first-order valence-corrected chi connectivity index (χ1v) is 5.82. The molecule has 0 aromatic heterocycles. The van der Waals surface area contributed by atoms with Crippen molar-refractivity contribution in [2.45, 2.75) is 0 Å². The van der Waals surface area contributed by atoms with Gasteiger partial charge in [-0.25, -0.2) is 8.78 Å². The molecule has 0 spiro atoms. The average Bonchev–Trinajstić information content (AvgIpc) is 2.26. The van der Waals surface area contributed by atoms with Crippen LogP contribution in [0.2, 0.25) is 0 Å². The summed E-state index contributed by atoms with van der Waals surface area (Å²) in [7, 11) is 0. The molecule has 88 valence electrons. The third kappa shape index (κ3) is 2.85. The van der Waals surface area contributed by atoms with E-state index in [1.54, 1.807) is 6.07 Å². The van der Waals surface area contributed by atoms with Crippen LogP contribution in [-0.4, -0.2) is 0 Å². The van der Waals surface area contributed by atoms with Crippen LogP contribution in [0.3, 0.4) is 0 Å². The molecule has 0 heterocycles. The lowest BCUT2D eigenvalue weighted by Crippen LogP contribution is -1.95. The molecule has 0 atom stereocenters. The van der Waals surface area contributed by atoms with Crippen molar-refractivity contribution in [3.8, 4) is 11.5 Å². The first-order chi connectivity index (χ1) is 8.06. The molecule has 2 aromatic rings. The molecule has 0 fully saturated rings. The number of halogens is 3. The Morgan fingerprint density at radius 2 is 1.88 bits per heavy atom. The first-order valence-electron chi connectivity index (χ1n) is 4.74. The molecule has 0 radical (unpaired) electrons. The van der Waals surface area contributed by atoms with Gasteiger partial charge in [-0.1, -0.05) is 6.07 Å². The predicted molar refractivity (Wildman–Crippen MR) is 70.0 cm³/mol. The molecule has 17 heavy (non-hydrogen) atoms. The van der Waals surface area contributed by atoms with Gasteiger partial charge >= 0.3 is 0 Å². The molecule has 0 aliphatic heterocycles. The van der Waals surface area contributed by atoms with E-state index in [2.05, 4.69) is 0 Å². The average molecular weight is 347 g/mol. The molecule has 2 aromatic carbocycles. The number of hydrogen-bond donors (Lipinski definition) is 1. The molecule has 2 rings (SSSR count). The highest BCUT2D eigenvalue weighted by molar-refractivity contribution is 14.1. The monoisotopic (exact) mass is 347 g/mol. The van der Waals surface area contributed by atoms with Crippen LogP contribution in [0.1, 0.15) is 0 Å². The maximum atomic E-state index is 13.3. The summed E-state index contributed by atoms with van der Waals surface area (Å²) in [6.07, 6.45) is 0. The van der Waals surface area contributed by atoms with Crippen LogP contribution >= 0.6 is 22.6 Å². The largest absolute Gasteiger partial charge is 0.455 e. The van der Waals surface area contributed by atoms with Crippen molar-refractivity contribution in [3.63, 3.8) is 0 Å². The molecule has 0 aliphatic rings. The van der Waals surface area contributed by atoms with E-state index in [0.717, 1.165) is 0 Å². The molecular formula is C12H8F2INO. The van der Waals surface area contributed by atoms with E-state index in [1.165, 1.54) is 30.3 Å². The molecular weight excluding hydrogens is 339 g/mol. The Kier molecular flexibility index (Phi) is 3.46. The summed E-state index contributed by atoms with van der Waals surface area (Å²) in [6, 6.07) is 8.22. The highest BCUT2D eigenvalue weighted by Gasteiger charge is 2.08. The van der Waals surface area contributed by atoms with E-state index in [4.69, 9.17) is 10.5 Å². The Balaban J connectivity index is 2.33. The second-order valence-electron chi connectivity index (χ2n) is 3.36. The maximum absolute atomic E-state index is 13.3. The van der Waals surface area contributed by atoms with Crippen LogP contribution in [0.5, 0.6) is 11.5 Å². The Bertz CT molecular complexity index is 560. The van der Waals surface area contributed by atoms with Crippen molar-refractivity contribution >= 4 is 28.3 Å². The number of nitrogen functional groups attached to an aromatic ring is 1. The van der Waals surface area contributed by atoms with Crippen LogP contribution in [0.15, 0.2) is 36.4 Å². The summed E-state index contributed by atoms with van der Waals surface area (Å²) in [5.41, 5.74) is 5.99. The number of ether oxygens (including phenoxy) is 1. The fourth-order valence-corrected chi connectivity index (χ4v) is 1.78. The van der Waals surface area contributed by atoms with Gasteiger partial charge in [0.15, 0.2) is 5.75 Å². The normalized spacial score (nSPS) is 10.3. The quantitative estimate of drug-likeness (QED) is 0.660. The second-order valence-corrected chi connectivity index (χ2v) is 4.53. The smallest absolute Gasteiger partial charge is 0.153 e. The highest BCUT2D eigenvalue weighted by Crippen LogP contribution is 2.30. The van der Waals surface area contributed by atoms with E-state index in [0.29, 0.717) is 9.26 Å². The van der Waals surface area contributed by atoms with Gasteiger partial charge in [0, 0.05) is 12.1 Å². The zero-order valence-electron chi connectivity index (χ0n) is 8.58. The van der Waals surface area contributed by atoms with Crippen molar-refractivity contribution in [1.82, 2.24) is 0 Å². The molecule has 5 heteroatoms. The zero-order valence-corrected chi connectivity index (χ0v) is 10.7. The summed E-state index contributed by atoms with van der Waals surface area (Å²) < 4.78 is 32.0. The fourth-order valence-electron chi connectivity index (χ4n) is 1.29. The van der Waals surface area contributed by atoms with Gasteiger partial charge in [0.2, 0.25) is 0 Å². The molecule has 2 nitrogen and oxygen atoms in total. The fraction of sp³-hybridized carbons (Fsp3) is 0. The minimum absolute atomic E-state index is 0.175. The topological polar surface area (TPSA) is 35.2 Å². The summed E-state index contributed by atoms with van der Waals surface area (Å²) in [6.45, 7) is 0. The summed E-state index contributed by atoms with van der Waals surface area (Å²) in [4.78, 5) is 0. The minimum Gasteiger partial charge on any atom is -0.455 e. The van der Waals surface area contributed by atoms with Crippen molar-refractivity contribution < 1.29 is 13.5 Å². The first kappa shape index (κ1) is 12.1. The Morgan fingerprint density at radius 3 is 2.59 bits per heavy atom. The zero-order chi connectivity index (χ0) is 12.4. The molecule has 0 saturated heterocycles. The van der Waals surface area contributed by atoms with Gasteiger partial charge in [0.05, 0.1) is 9.26 Å². The van der Waals surface area contributed by atoms with Gasteiger partial charge in [0.1, 0.15) is 17.4 Å². The van der Waals surface area contributed by atoms with Crippen LogP contribution in [-0.2, 0) is 0 Å². The van der Waals surface area contributed by atoms with Gasteiger partial charge in [-0.2, -0.15) is 0 Å². The van der Waals surface area contributed by atoms with Crippen molar-refractivity contribution in [2.24, 2.45) is 0 Å². The van der Waals surface area contributed by atoms with Crippen LogP contribution < -0.4 is 10.5 Å². The molecule has 0 unspecified atom stereocenters. The SMILES string of the molecule is Nc1cc(I)c(F)cc1Oc1cccc(F)c1. The minimum atomic E-state index is -0.425. The van der Waals surface area contributed by atoms with Gasteiger partial charge in [-0.15, -0.1) is 0 Å². The van der Waals surface area contributed by atoms with E-state index in [1.807, 2.05) is 22.6 Å². The van der Waals surface area contributed by atoms with Crippen molar-refractivity contribution in [1.29, 1.82) is 0 Å². The molecule has 0 aliphatic carbocycles. The van der Waals surface area contributed by atoms with Gasteiger partial charge in [-0.3, -0.25) is 0 Å². The van der Waals surface area contributed by atoms with Crippen LogP contribution in [0.4, 0.5) is 14.5 Å². The standard InChI is InChI=1S/C12H8F2INO/c13-7-2-1-3-8(4-7)17-12-5-9(14)10(15)6-11(12)16/h1-6H,16H2. The maximum Gasteiger partial charge on any atom is 0.153 e. The summed E-state index contributed by atoms with van der Waals surface area (Å²) in [5.74, 6) is -0.399. The summed E-state index contributed by atoms with van der Waals surface area (Å²) in [5, 5.41) is 0. The summed E-state index contributed by atoms with van der Waals surface area (Å²) >= 11 is 1.83. The van der Waals surface area contributed by atoms with Crippen molar-refractivity contribution in [2.75, 3.05) is 5.73 Å². The molecule has 0 bridgehead atoms. The van der Waals surface area contributed by atoms with Gasteiger partial charge in [-0.05, 0) is 40.8 Å². The second kappa shape index (κ2) is 4.87. The number of anilines is 1. The number of nitrogens with two attached hydrogens (primary N) is 1. The number of benzene rings is 2. The van der Waals surface area contributed by atoms with Gasteiger partial charge < -0.3 is 10.5 Å². The number of hydrogen-bond acceptors (Lipinski definition) is 2. The number of rotatable bonds is 2. The predicted octanol–water partition coefficient (Wildman–Crippen LogP) is 3.94. The lowest BCUT2D eigenvalue weighted by Gasteiger charge is -2.09. The molecule has 2 N–H and O–H groups in total. The third-order valence-corrected chi connectivity index (χ3v) is 2.90. The van der Waals surface area contributed by atoms with E-state index >= 15 is 0 Å². The Labute approximate surface area is 111 Å². The van der Waals surface area contributed by atoms with Crippen LogP contribution in [0, 0.1) is 15.2 Å². The Hall–Kier alpha value is -1.37. The highest BCUT2D eigenvalue weighted by atomic mass is 127. The Morgan fingerprint density at radius 1 is 1.12 bits per heavy atom. The van der Waals surface area contributed by atoms with E-state index < -0.39 is 11.6 Å². The lowest BCUT2D eigenvalue weighted by atomic mass is 10.3. The van der Waals surface area contributed by atoms with E-state index in [9.17, 15) is 8.78 Å². The van der Waals surface area contributed by atoms with Crippen molar-refractivity contribution in [3.05, 3.63) is 51.6 Å². The van der Waals surface area contributed by atoms with E-state index in [-0.39, 0.29) is 11.5 Å². The molecule has 0 amide bonds.